The molecule has 7 nitrogen and oxygen atoms in total. The molecule has 0 bridgehead atoms. The predicted molar refractivity (Wildman–Crippen MR) is 110 cm³/mol. The molecule has 1 aromatic heterocycles. The lowest BCUT2D eigenvalue weighted by atomic mass is 9.95. The molecule has 144 valence electrons. The minimum atomic E-state index is -3.74. The molecule has 0 unspecified atom stereocenters. The van der Waals surface area contributed by atoms with E-state index in [1.807, 2.05) is 0 Å². The molecule has 1 aliphatic carbocycles. The van der Waals surface area contributed by atoms with Gasteiger partial charge in [0.05, 0.1) is 17.6 Å². The van der Waals surface area contributed by atoms with Gasteiger partial charge < -0.3 is 15.4 Å². The molecule has 0 amide bonds. The summed E-state index contributed by atoms with van der Waals surface area (Å²) >= 11 is 6.85. The lowest BCUT2D eigenvalue weighted by Gasteiger charge is -2.12. The number of thiophene rings is 1. The summed E-state index contributed by atoms with van der Waals surface area (Å²) in [6.45, 7) is 0. The summed E-state index contributed by atoms with van der Waals surface area (Å²) in [4.78, 5) is 13.5. The Balaban J connectivity index is 1.78. The number of carbonyl (C=O) groups excluding carboxylic acids is 1. The number of aryl methyl sites for hydroxylation is 1. The molecule has 3 rings (SSSR count). The Labute approximate surface area is 167 Å². The van der Waals surface area contributed by atoms with Crippen LogP contribution in [0.5, 0.6) is 0 Å². The number of primary sulfonamides is 1. The number of carbonyl (C=O) groups is 1. The molecule has 0 saturated carbocycles. The van der Waals surface area contributed by atoms with E-state index >= 15 is 0 Å². The second kappa shape index (κ2) is 7.93. The van der Waals surface area contributed by atoms with E-state index in [1.54, 1.807) is 12.1 Å². The van der Waals surface area contributed by atoms with Crippen molar-refractivity contribution in [1.82, 2.24) is 0 Å². The van der Waals surface area contributed by atoms with Crippen molar-refractivity contribution in [3.8, 4) is 0 Å². The Kier molecular flexibility index (Phi) is 5.80. The Morgan fingerprint density at radius 2 is 1.85 bits per heavy atom. The third kappa shape index (κ3) is 4.46. The Morgan fingerprint density at radius 1 is 1.19 bits per heavy atom. The summed E-state index contributed by atoms with van der Waals surface area (Å²) < 4.78 is 27.6. The average molecular weight is 426 g/mol. The lowest BCUT2D eigenvalue weighted by molar-refractivity contribution is 0.0601. The van der Waals surface area contributed by atoms with E-state index in [-0.39, 0.29) is 10.9 Å². The van der Waals surface area contributed by atoms with E-state index < -0.39 is 10.0 Å². The SMILES string of the molecule is COC(=O)c1c(NC(=S)Nc2ccc(S(N)(=O)=O)cc2)sc2c1CCCC2. The van der Waals surface area contributed by atoms with Gasteiger partial charge in [0, 0.05) is 10.6 Å². The zero-order valence-corrected chi connectivity index (χ0v) is 17.0. The normalized spacial score (nSPS) is 13.6. The van der Waals surface area contributed by atoms with Gasteiger partial charge in [-0.25, -0.2) is 18.4 Å². The van der Waals surface area contributed by atoms with Crippen LogP contribution in [0.25, 0.3) is 0 Å². The van der Waals surface area contributed by atoms with E-state index in [1.165, 1.54) is 35.5 Å². The molecule has 27 heavy (non-hydrogen) atoms. The highest BCUT2D eigenvalue weighted by Crippen LogP contribution is 2.38. The smallest absolute Gasteiger partial charge is 0.341 e. The number of thiocarbonyl (C=S) groups is 1. The van der Waals surface area contributed by atoms with Crippen molar-refractivity contribution in [3.63, 3.8) is 0 Å². The first-order valence-electron chi connectivity index (χ1n) is 8.23. The maximum atomic E-state index is 12.3. The quantitative estimate of drug-likeness (QED) is 0.510. The van der Waals surface area contributed by atoms with Gasteiger partial charge in [-0.1, -0.05) is 0 Å². The molecule has 0 aliphatic heterocycles. The van der Waals surface area contributed by atoms with Crippen LogP contribution in [0.15, 0.2) is 29.2 Å². The maximum Gasteiger partial charge on any atom is 0.341 e. The highest BCUT2D eigenvalue weighted by Gasteiger charge is 2.26. The molecule has 0 atom stereocenters. The number of rotatable bonds is 4. The van der Waals surface area contributed by atoms with Crippen LogP contribution in [-0.2, 0) is 27.6 Å². The lowest BCUT2D eigenvalue weighted by Crippen LogP contribution is -2.20. The van der Waals surface area contributed by atoms with Gasteiger partial charge in [-0.05, 0) is 67.7 Å². The van der Waals surface area contributed by atoms with Crippen LogP contribution in [0.1, 0.15) is 33.6 Å². The number of sulfonamides is 1. The number of benzene rings is 1. The van der Waals surface area contributed by atoms with Crippen molar-refractivity contribution >= 4 is 55.3 Å². The zero-order chi connectivity index (χ0) is 19.6. The number of methoxy groups -OCH3 is 1. The van der Waals surface area contributed by atoms with Gasteiger partial charge in [0.15, 0.2) is 5.11 Å². The van der Waals surface area contributed by atoms with Crippen LogP contribution in [0, 0.1) is 0 Å². The molecule has 0 spiro atoms. The van der Waals surface area contributed by atoms with Crippen LogP contribution >= 0.6 is 23.6 Å². The third-order valence-corrected chi connectivity index (χ3v) is 6.57. The summed E-state index contributed by atoms with van der Waals surface area (Å²) in [5.74, 6) is -0.378. The second-order valence-electron chi connectivity index (χ2n) is 6.06. The first-order chi connectivity index (χ1) is 12.8. The largest absolute Gasteiger partial charge is 0.465 e. The number of hydrogen-bond acceptors (Lipinski definition) is 6. The fraction of sp³-hybridized carbons (Fsp3) is 0.294. The predicted octanol–water partition coefficient (Wildman–Crippen LogP) is 2.87. The molecule has 1 aromatic carbocycles. The van der Waals surface area contributed by atoms with Crippen LogP contribution in [0.2, 0.25) is 0 Å². The fourth-order valence-electron chi connectivity index (χ4n) is 2.97. The summed E-state index contributed by atoms with van der Waals surface area (Å²) in [7, 11) is -2.38. The molecule has 0 radical (unpaired) electrons. The fourth-order valence-corrected chi connectivity index (χ4v) is 5.05. The van der Waals surface area contributed by atoms with Crippen molar-refractivity contribution < 1.29 is 17.9 Å². The highest BCUT2D eigenvalue weighted by atomic mass is 32.2. The molecule has 1 aliphatic rings. The Bertz CT molecular complexity index is 982. The first-order valence-corrected chi connectivity index (χ1v) is 11.0. The van der Waals surface area contributed by atoms with Gasteiger partial charge in [-0.3, -0.25) is 0 Å². The molecular formula is C17H19N3O4S3. The first kappa shape index (κ1) is 19.7. The van der Waals surface area contributed by atoms with Gasteiger partial charge in [-0.2, -0.15) is 0 Å². The van der Waals surface area contributed by atoms with Gasteiger partial charge in [0.2, 0.25) is 10.0 Å². The molecule has 2 aromatic rings. The second-order valence-corrected chi connectivity index (χ2v) is 9.13. The van der Waals surface area contributed by atoms with Gasteiger partial charge in [-0.15, -0.1) is 11.3 Å². The minimum absolute atomic E-state index is 0.0193. The summed E-state index contributed by atoms with van der Waals surface area (Å²) in [6, 6.07) is 5.91. The van der Waals surface area contributed by atoms with Crippen molar-refractivity contribution in [1.29, 1.82) is 0 Å². The van der Waals surface area contributed by atoms with Gasteiger partial charge in [0.1, 0.15) is 5.00 Å². The Morgan fingerprint density at radius 3 is 2.48 bits per heavy atom. The number of nitrogens with two attached hydrogens (primary N) is 1. The van der Waals surface area contributed by atoms with Gasteiger partial charge in [0.25, 0.3) is 0 Å². The topological polar surface area (TPSA) is 111 Å². The molecule has 4 N–H and O–H groups in total. The van der Waals surface area contributed by atoms with Crippen molar-refractivity contribution in [2.24, 2.45) is 5.14 Å². The summed E-state index contributed by atoms with van der Waals surface area (Å²) in [6.07, 6.45) is 3.95. The van der Waals surface area contributed by atoms with E-state index in [4.69, 9.17) is 22.1 Å². The standard InChI is InChI=1S/C17H19N3O4S3/c1-24-16(21)14-12-4-2-3-5-13(12)26-15(14)20-17(25)19-10-6-8-11(9-7-10)27(18,22)23/h6-9H,2-5H2,1H3,(H2,18,22,23)(H2,19,20,25). The molecule has 0 fully saturated rings. The van der Waals surface area contributed by atoms with E-state index in [0.717, 1.165) is 31.2 Å². The molecule has 0 saturated heterocycles. The van der Waals surface area contributed by atoms with Crippen molar-refractivity contribution in [3.05, 3.63) is 40.3 Å². The van der Waals surface area contributed by atoms with Crippen LogP contribution < -0.4 is 15.8 Å². The van der Waals surface area contributed by atoms with Crippen LogP contribution in [0.4, 0.5) is 10.7 Å². The monoisotopic (exact) mass is 425 g/mol. The molecule has 10 heteroatoms. The average Bonchev–Trinajstić information content (AvgIpc) is 2.98. The summed E-state index contributed by atoms with van der Waals surface area (Å²) in [5.41, 5.74) is 2.19. The number of anilines is 2. The van der Waals surface area contributed by atoms with Crippen molar-refractivity contribution in [2.45, 2.75) is 30.6 Å². The van der Waals surface area contributed by atoms with Crippen LogP contribution in [-0.4, -0.2) is 26.6 Å². The van der Waals surface area contributed by atoms with E-state index in [2.05, 4.69) is 10.6 Å². The van der Waals surface area contributed by atoms with E-state index in [9.17, 15) is 13.2 Å². The number of hydrogen-bond donors (Lipinski definition) is 3. The number of nitrogens with one attached hydrogen (secondary N) is 2. The number of esters is 1. The minimum Gasteiger partial charge on any atom is -0.465 e. The number of fused-ring (bicyclic) bond motifs is 1. The Hall–Kier alpha value is -2.01. The number of ether oxygens (including phenoxy) is 1. The maximum absolute atomic E-state index is 12.3. The van der Waals surface area contributed by atoms with Crippen LogP contribution in [0.3, 0.4) is 0 Å². The third-order valence-electron chi connectivity index (χ3n) is 4.23. The van der Waals surface area contributed by atoms with Gasteiger partial charge >= 0.3 is 5.97 Å². The van der Waals surface area contributed by atoms with E-state index in [0.29, 0.717) is 21.4 Å². The zero-order valence-electron chi connectivity index (χ0n) is 14.6. The van der Waals surface area contributed by atoms with Crippen molar-refractivity contribution in [2.75, 3.05) is 17.7 Å². The summed E-state index contributed by atoms with van der Waals surface area (Å²) in [5, 5.41) is 12.1. The highest BCUT2D eigenvalue weighted by molar-refractivity contribution is 7.89. The molecule has 1 heterocycles. The molecular weight excluding hydrogens is 406 g/mol.